The van der Waals surface area contributed by atoms with Gasteiger partial charge >= 0.3 is 0 Å². The highest BCUT2D eigenvalue weighted by atomic mass is 32.2. The lowest BCUT2D eigenvalue weighted by molar-refractivity contribution is -0.115. The van der Waals surface area contributed by atoms with Crippen molar-refractivity contribution >= 4 is 38.9 Å². The van der Waals surface area contributed by atoms with Crippen molar-refractivity contribution in [3.8, 4) is 0 Å². The molecule has 0 fully saturated rings. The van der Waals surface area contributed by atoms with Crippen LogP contribution in [-0.2, 0) is 26.0 Å². The number of hydrogen-bond acceptors (Lipinski definition) is 4. The van der Waals surface area contributed by atoms with Gasteiger partial charge in [-0.25, -0.2) is 8.42 Å². The average molecular weight is 466 g/mol. The Labute approximate surface area is 194 Å². The van der Waals surface area contributed by atoms with Gasteiger partial charge in [0.15, 0.2) is 0 Å². The van der Waals surface area contributed by atoms with Gasteiger partial charge in [0.05, 0.1) is 10.6 Å². The minimum absolute atomic E-state index is 0.111. The molecule has 33 heavy (non-hydrogen) atoms. The molecule has 0 aliphatic carbocycles. The number of amides is 2. The summed E-state index contributed by atoms with van der Waals surface area (Å²) in [5, 5.41) is 5.38. The molecule has 0 bridgehead atoms. The van der Waals surface area contributed by atoms with E-state index in [1.54, 1.807) is 60.7 Å². The van der Waals surface area contributed by atoms with Crippen molar-refractivity contribution in [2.45, 2.75) is 32.1 Å². The Kier molecular flexibility index (Phi) is 7.50. The summed E-state index contributed by atoms with van der Waals surface area (Å²) >= 11 is 0. The Morgan fingerprint density at radius 1 is 0.879 bits per heavy atom. The van der Waals surface area contributed by atoms with Crippen LogP contribution in [0.25, 0.3) is 0 Å². The smallest absolute Gasteiger partial charge is 0.264 e. The van der Waals surface area contributed by atoms with E-state index in [0.29, 0.717) is 23.5 Å². The number of hydrogen-bond donors (Lipinski definition) is 2. The zero-order valence-electron chi connectivity index (χ0n) is 18.8. The number of carbonyl (C=O) groups excluding carboxylic acids is 2. The summed E-state index contributed by atoms with van der Waals surface area (Å²) < 4.78 is 28.3. The average Bonchev–Trinajstić information content (AvgIpc) is 2.77. The Hall–Kier alpha value is -3.65. The molecule has 0 saturated carbocycles. The maximum atomic E-state index is 13.6. The number of anilines is 3. The molecule has 8 heteroatoms. The fourth-order valence-electron chi connectivity index (χ4n) is 3.40. The third kappa shape index (κ3) is 5.98. The first-order chi connectivity index (χ1) is 15.7. The maximum absolute atomic E-state index is 13.6. The Morgan fingerprint density at radius 3 is 2.15 bits per heavy atom. The van der Waals surface area contributed by atoms with Crippen LogP contribution in [0.3, 0.4) is 0 Å². The quantitative estimate of drug-likeness (QED) is 0.517. The lowest BCUT2D eigenvalue weighted by atomic mass is 10.1. The third-order valence-electron chi connectivity index (χ3n) is 5.00. The SMILES string of the molecule is CCc1ccccc1N(CC(=O)Nc1cccc(NC(C)=O)c1)S(=O)(=O)c1ccc(C)cc1. The number of nitrogens with zero attached hydrogens (tertiary/aromatic N) is 1. The molecule has 0 heterocycles. The van der Waals surface area contributed by atoms with Crippen LogP contribution in [0.1, 0.15) is 25.0 Å². The molecule has 0 aliphatic rings. The van der Waals surface area contributed by atoms with E-state index < -0.39 is 22.5 Å². The van der Waals surface area contributed by atoms with Gasteiger partial charge in [0.1, 0.15) is 6.54 Å². The number of aryl methyl sites for hydroxylation is 2. The zero-order valence-corrected chi connectivity index (χ0v) is 19.6. The Bertz CT molecular complexity index is 1250. The molecule has 7 nitrogen and oxygen atoms in total. The predicted molar refractivity (Wildman–Crippen MR) is 131 cm³/mol. The number of nitrogens with one attached hydrogen (secondary N) is 2. The standard InChI is InChI=1S/C25H27N3O4S/c1-4-20-8-5-6-11-24(20)28(33(31,32)23-14-12-18(2)13-15-23)17-25(30)27-22-10-7-9-21(16-22)26-19(3)29/h5-16H,4,17H2,1-3H3,(H,26,29)(H,27,30). The van der Waals surface area contributed by atoms with Crippen LogP contribution >= 0.6 is 0 Å². The molecule has 0 aliphatic heterocycles. The van der Waals surface area contributed by atoms with Gasteiger partial charge in [0.2, 0.25) is 11.8 Å². The molecular formula is C25H27N3O4S. The van der Waals surface area contributed by atoms with Gasteiger partial charge in [0, 0.05) is 18.3 Å². The van der Waals surface area contributed by atoms with Crippen LogP contribution in [0.5, 0.6) is 0 Å². The summed E-state index contributed by atoms with van der Waals surface area (Å²) in [5.74, 6) is -0.735. The fraction of sp³-hybridized carbons (Fsp3) is 0.200. The second kappa shape index (κ2) is 10.3. The predicted octanol–water partition coefficient (Wildman–Crippen LogP) is 4.35. The Morgan fingerprint density at radius 2 is 1.52 bits per heavy atom. The van der Waals surface area contributed by atoms with E-state index in [2.05, 4.69) is 10.6 Å². The van der Waals surface area contributed by atoms with Crippen molar-refractivity contribution in [2.75, 3.05) is 21.5 Å². The van der Waals surface area contributed by atoms with E-state index >= 15 is 0 Å². The molecule has 3 aromatic carbocycles. The first-order valence-corrected chi connectivity index (χ1v) is 12.0. The van der Waals surface area contributed by atoms with Gasteiger partial charge in [-0.15, -0.1) is 0 Å². The molecule has 0 atom stereocenters. The highest BCUT2D eigenvalue weighted by Crippen LogP contribution is 2.28. The molecule has 3 rings (SSSR count). The summed E-state index contributed by atoms with van der Waals surface area (Å²) in [6.45, 7) is 4.80. The van der Waals surface area contributed by atoms with Crippen molar-refractivity contribution in [1.29, 1.82) is 0 Å². The highest BCUT2D eigenvalue weighted by Gasteiger charge is 2.28. The van der Waals surface area contributed by atoms with Crippen LogP contribution in [0, 0.1) is 6.92 Å². The summed E-state index contributed by atoms with van der Waals surface area (Å²) in [6, 6.07) is 20.3. The first kappa shape index (κ1) is 24.0. The van der Waals surface area contributed by atoms with Gasteiger partial charge in [-0.1, -0.05) is 48.9 Å². The number of carbonyl (C=O) groups is 2. The second-order valence-corrected chi connectivity index (χ2v) is 9.48. The van der Waals surface area contributed by atoms with Gasteiger partial charge in [-0.3, -0.25) is 13.9 Å². The topological polar surface area (TPSA) is 95.6 Å². The fourth-order valence-corrected chi connectivity index (χ4v) is 4.86. The van der Waals surface area contributed by atoms with Gasteiger partial charge in [0.25, 0.3) is 10.0 Å². The van der Waals surface area contributed by atoms with E-state index in [9.17, 15) is 18.0 Å². The van der Waals surface area contributed by atoms with Crippen LogP contribution in [-0.4, -0.2) is 26.8 Å². The number of para-hydroxylation sites is 1. The van der Waals surface area contributed by atoms with E-state index in [-0.39, 0.29) is 10.8 Å². The van der Waals surface area contributed by atoms with Crippen molar-refractivity contribution in [1.82, 2.24) is 0 Å². The van der Waals surface area contributed by atoms with Crippen molar-refractivity contribution < 1.29 is 18.0 Å². The van der Waals surface area contributed by atoms with Crippen LogP contribution in [0.4, 0.5) is 17.1 Å². The van der Waals surface area contributed by atoms with Gasteiger partial charge in [-0.2, -0.15) is 0 Å². The molecule has 0 spiro atoms. The van der Waals surface area contributed by atoms with E-state index in [1.165, 1.54) is 6.92 Å². The molecule has 0 aromatic heterocycles. The molecule has 0 radical (unpaired) electrons. The largest absolute Gasteiger partial charge is 0.326 e. The molecule has 3 aromatic rings. The lowest BCUT2D eigenvalue weighted by Crippen LogP contribution is -2.38. The summed E-state index contributed by atoms with van der Waals surface area (Å²) in [5.41, 5.74) is 3.19. The van der Waals surface area contributed by atoms with Gasteiger partial charge in [-0.05, 0) is 55.3 Å². The normalized spacial score (nSPS) is 11.0. The molecule has 172 valence electrons. The minimum Gasteiger partial charge on any atom is -0.326 e. The molecular weight excluding hydrogens is 438 g/mol. The maximum Gasteiger partial charge on any atom is 0.264 e. The Balaban J connectivity index is 1.94. The third-order valence-corrected chi connectivity index (χ3v) is 6.78. The van der Waals surface area contributed by atoms with Gasteiger partial charge < -0.3 is 10.6 Å². The van der Waals surface area contributed by atoms with E-state index in [4.69, 9.17) is 0 Å². The lowest BCUT2D eigenvalue weighted by Gasteiger charge is -2.26. The molecule has 0 unspecified atom stereocenters. The summed E-state index contributed by atoms with van der Waals surface area (Å²) in [6.07, 6.45) is 0.608. The second-order valence-electron chi connectivity index (χ2n) is 7.62. The molecule has 2 N–H and O–H groups in total. The summed E-state index contributed by atoms with van der Waals surface area (Å²) in [7, 11) is -4.00. The van der Waals surface area contributed by atoms with Crippen LogP contribution < -0.4 is 14.9 Å². The van der Waals surface area contributed by atoms with Crippen LogP contribution in [0.2, 0.25) is 0 Å². The van der Waals surface area contributed by atoms with Crippen LogP contribution in [0.15, 0.2) is 77.7 Å². The van der Waals surface area contributed by atoms with E-state index in [0.717, 1.165) is 15.4 Å². The van der Waals surface area contributed by atoms with Crippen molar-refractivity contribution in [2.24, 2.45) is 0 Å². The number of rotatable bonds is 8. The summed E-state index contributed by atoms with van der Waals surface area (Å²) in [4.78, 5) is 24.4. The first-order valence-electron chi connectivity index (χ1n) is 10.6. The zero-order chi connectivity index (χ0) is 24.0. The monoisotopic (exact) mass is 465 g/mol. The minimum atomic E-state index is -4.00. The van der Waals surface area contributed by atoms with Crippen molar-refractivity contribution in [3.05, 3.63) is 83.9 Å². The van der Waals surface area contributed by atoms with Crippen molar-refractivity contribution in [3.63, 3.8) is 0 Å². The molecule has 0 saturated heterocycles. The highest BCUT2D eigenvalue weighted by molar-refractivity contribution is 7.92. The number of benzene rings is 3. The molecule has 2 amide bonds. The van der Waals surface area contributed by atoms with E-state index in [1.807, 2.05) is 26.0 Å². The number of sulfonamides is 1.